The summed E-state index contributed by atoms with van der Waals surface area (Å²) in [5.74, 6) is 2.56. The minimum Gasteiger partial charge on any atom is -0.468 e. The summed E-state index contributed by atoms with van der Waals surface area (Å²) in [6.07, 6.45) is 8.45. The van der Waals surface area contributed by atoms with Crippen molar-refractivity contribution in [1.29, 1.82) is 0 Å². The average molecular weight is 288 g/mol. The first-order chi connectivity index (χ1) is 9.86. The van der Waals surface area contributed by atoms with E-state index in [0.717, 1.165) is 41.0 Å². The molecule has 3 rings (SSSR count). The second kappa shape index (κ2) is 6.00. The van der Waals surface area contributed by atoms with E-state index in [1.54, 1.807) is 24.2 Å². The maximum absolute atomic E-state index is 5.35. The SMILES string of the molecule is CCCNc1cn2ccnc2c(SCc2ccco2)n1. The molecular weight excluding hydrogens is 272 g/mol. The highest BCUT2D eigenvalue weighted by molar-refractivity contribution is 7.98. The van der Waals surface area contributed by atoms with Gasteiger partial charge in [0, 0.05) is 18.9 Å². The third kappa shape index (κ3) is 2.80. The maximum atomic E-state index is 5.35. The predicted octanol–water partition coefficient (Wildman–Crippen LogP) is 3.44. The van der Waals surface area contributed by atoms with Gasteiger partial charge < -0.3 is 14.1 Å². The Morgan fingerprint density at radius 3 is 3.20 bits per heavy atom. The van der Waals surface area contributed by atoms with Crippen LogP contribution in [0.2, 0.25) is 0 Å². The lowest BCUT2D eigenvalue weighted by molar-refractivity contribution is 0.530. The number of hydrogen-bond donors (Lipinski definition) is 1. The van der Waals surface area contributed by atoms with Crippen molar-refractivity contribution in [2.24, 2.45) is 0 Å². The summed E-state index contributed by atoms with van der Waals surface area (Å²) in [6.45, 7) is 3.05. The molecule has 0 amide bonds. The number of nitrogens with zero attached hydrogens (tertiary/aromatic N) is 3. The van der Waals surface area contributed by atoms with Crippen LogP contribution in [0.5, 0.6) is 0 Å². The summed E-state index contributed by atoms with van der Waals surface area (Å²) in [4.78, 5) is 9.00. The molecule has 3 heterocycles. The van der Waals surface area contributed by atoms with Gasteiger partial charge in [0.1, 0.15) is 16.6 Å². The quantitative estimate of drug-likeness (QED) is 0.704. The Kier molecular flexibility index (Phi) is 3.92. The molecule has 0 aliphatic rings. The van der Waals surface area contributed by atoms with E-state index in [0.29, 0.717) is 0 Å². The molecule has 0 aliphatic carbocycles. The number of furan rings is 1. The van der Waals surface area contributed by atoms with E-state index < -0.39 is 0 Å². The molecule has 0 unspecified atom stereocenters. The summed E-state index contributed by atoms with van der Waals surface area (Å²) >= 11 is 1.63. The molecule has 1 N–H and O–H groups in total. The zero-order chi connectivity index (χ0) is 13.8. The summed E-state index contributed by atoms with van der Waals surface area (Å²) in [5.41, 5.74) is 0.878. The second-order valence-electron chi connectivity index (χ2n) is 4.38. The molecule has 0 aromatic carbocycles. The van der Waals surface area contributed by atoms with Crippen molar-refractivity contribution < 1.29 is 4.42 Å². The standard InChI is InChI=1S/C14H16N4OS/c1-2-5-15-12-9-18-7-6-16-13(18)14(17-12)20-10-11-4-3-8-19-11/h3-4,6-9,15H,2,5,10H2,1H3. The molecule has 0 radical (unpaired) electrons. The van der Waals surface area contributed by atoms with Crippen LogP contribution >= 0.6 is 11.8 Å². The molecule has 5 nitrogen and oxygen atoms in total. The number of anilines is 1. The lowest BCUT2D eigenvalue weighted by Crippen LogP contribution is -2.04. The van der Waals surface area contributed by atoms with Crippen molar-refractivity contribution in [3.05, 3.63) is 42.7 Å². The minimum atomic E-state index is 0.750. The second-order valence-corrected chi connectivity index (χ2v) is 5.35. The Labute approximate surface area is 121 Å². The van der Waals surface area contributed by atoms with Gasteiger partial charge in [-0.3, -0.25) is 0 Å². The first-order valence-electron chi connectivity index (χ1n) is 6.59. The van der Waals surface area contributed by atoms with Gasteiger partial charge >= 0.3 is 0 Å². The normalized spacial score (nSPS) is 11.1. The Morgan fingerprint density at radius 1 is 1.45 bits per heavy atom. The molecule has 3 aromatic rings. The molecule has 0 fully saturated rings. The van der Waals surface area contributed by atoms with Crippen LogP contribution in [-0.2, 0) is 5.75 Å². The molecule has 0 spiro atoms. The molecule has 20 heavy (non-hydrogen) atoms. The Balaban J connectivity index is 1.85. The van der Waals surface area contributed by atoms with Gasteiger partial charge in [-0.1, -0.05) is 18.7 Å². The molecule has 6 heteroatoms. The summed E-state index contributed by atoms with van der Waals surface area (Å²) in [7, 11) is 0. The molecule has 0 bridgehead atoms. The highest BCUT2D eigenvalue weighted by Crippen LogP contribution is 2.26. The highest BCUT2D eigenvalue weighted by Gasteiger charge is 2.09. The summed E-state index contributed by atoms with van der Waals surface area (Å²) in [5, 5.41) is 4.22. The number of hydrogen-bond acceptors (Lipinski definition) is 5. The van der Waals surface area contributed by atoms with Gasteiger partial charge in [-0.05, 0) is 18.6 Å². The van der Waals surface area contributed by atoms with Gasteiger partial charge in [0.25, 0.3) is 0 Å². The van der Waals surface area contributed by atoms with Gasteiger partial charge in [-0.15, -0.1) is 0 Å². The summed E-state index contributed by atoms with van der Waals surface area (Å²) < 4.78 is 7.35. The molecule has 3 aromatic heterocycles. The molecule has 0 saturated heterocycles. The van der Waals surface area contributed by atoms with Crippen molar-refractivity contribution in [3.8, 4) is 0 Å². The van der Waals surface area contributed by atoms with E-state index in [4.69, 9.17) is 4.42 Å². The lowest BCUT2D eigenvalue weighted by Gasteiger charge is -2.08. The topological polar surface area (TPSA) is 55.4 Å². The monoisotopic (exact) mass is 288 g/mol. The molecular formula is C14H16N4OS. The molecule has 0 atom stereocenters. The van der Waals surface area contributed by atoms with Crippen LogP contribution in [0.25, 0.3) is 5.65 Å². The molecule has 104 valence electrons. The van der Waals surface area contributed by atoms with Crippen LogP contribution in [0, 0.1) is 0 Å². The fourth-order valence-electron chi connectivity index (χ4n) is 1.87. The first-order valence-corrected chi connectivity index (χ1v) is 7.58. The maximum Gasteiger partial charge on any atom is 0.169 e. The Hall–Kier alpha value is -1.95. The van der Waals surface area contributed by atoms with E-state index >= 15 is 0 Å². The van der Waals surface area contributed by atoms with Crippen molar-refractivity contribution in [2.75, 3.05) is 11.9 Å². The Bertz CT molecular complexity index is 678. The van der Waals surface area contributed by atoms with E-state index in [2.05, 4.69) is 22.2 Å². The predicted molar refractivity (Wildman–Crippen MR) is 80.0 cm³/mol. The number of fused-ring (bicyclic) bond motifs is 1. The average Bonchev–Trinajstić information content (AvgIpc) is 3.13. The number of aromatic nitrogens is 3. The van der Waals surface area contributed by atoms with Crippen molar-refractivity contribution in [1.82, 2.24) is 14.4 Å². The van der Waals surface area contributed by atoms with E-state index in [1.807, 2.05) is 28.9 Å². The van der Waals surface area contributed by atoms with Gasteiger partial charge in [0.2, 0.25) is 0 Å². The first kappa shape index (κ1) is 13.1. The number of imidazole rings is 1. The van der Waals surface area contributed by atoms with Gasteiger partial charge in [-0.2, -0.15) is 0 Å². The third-order valence-electron chi connectivity index (χ3n) is 2.83. The molecule has 0 saturated carbocycles. The highest BCUT2D eigenvalue weighted by atomic mass is 32.2. The summed E-state index contributed by atoms with van der Waals surface area (Å²) in [6, 6.07) is 3.86. The smallest absolute Gasteiger partial charge is 0.169 e. The van der Waals surface area contributed by atoms with Crippen molar-refractivity contribution >= 4 is 23.2 Å². The van der Waals surface area contributed by atoms with Crippen LogP contribution in [0.3, 0.4) is 0 Å². The van der Waals surface area contributed by atoms with Crippen LogP contribution in [-0.4, -0.2) is 20.9 Å². The zero-order valence-corrected chi connectivity index (χ0v) is 12.1. The van der Waals surface area contributed by atoms with Gasteiger partial charge in [0.05, 0.1) is 18.2 Å². The van der Waals surface area contributed by atoms with Gasteiger partial charge in [0.15, 0.2) is 5.65 Å². The third-order valence-corrected chi connectivity index (χ3v) is 3.81. The van der Waals surface area contributed by atoms with E-state index in [-0.39, 0.29) is 0 Å². The Morgan fingerprint density at radius 2 is 2.40 bits per heavy atom. The van der Waals surface area contributed by atoms with Gasteiger partial charge in [-0.25, -0.2) is 9.97 Å². The van der Waals surface area contributed by atoms with E-state index in [1.165, 1.54) is 0 Å². The number of nitrogens with one attached hydrogen (secondary N) is 1. The van der Waals surface area contributed by atoms with Crippen LogP contribution in [0.4, 0.5) is 5.82 Å². The van der Waals surface area contributed by atoms with Crippen molar-refractivity contribution in [2.45, 2.75) is 24.1 Å². The van der Waals surface area contributed by atoms with Crippen molar-refractivity contribution in [3.63, 3.8) is 0 Å². The fraction of sp³-hybridized carbons (Fsp3) is 0.286. The lowest BCUT2D eigenvalue weighted by atomic mass is 10.5. The van der Waals surface area contributed by atoms with E-state index in [9.17, 15) is 0 Å². The van der Waals surface area contributed by atoms with Crippen LogP contribution < -0.4 is 5.32 Å². The molecule has 0 aliphatic heterocycles. The number of thioether (sulfide) groups is 1. The minimum absolute atomic E-state index is 0.750. The fourth-order valence-corrected chi connectivity index (χ4v) is 2.77. The number of rotatable bonds is 6. The van der Waals surface area contributed by atoms with Crippen LogP contribution in [0.1, 0.15) is 19.1 Å². The zero-order valence-electron chi connectivity index (χ0n) is 11.2. The largest absolute Gasteiger partial charge is 0.468 e. The van der Waals surface area contributed by atoms with Crippen LogP contribution in [0.15, 0.2) is 46.4 Å².